The van der Waals surface area contributed by atoms with Crippen molar-refractivity contribution in [1.29, 1.82) is 0 Å². The Morgan fingerprint density at radius 3 is 2.60 bits per heavy atom. The number of aryl methyl sites for hydroxylation is 2. The second-order valence-corrected chi connectivity index (χ2v) is 4.40. The Bertz CT molecular complexity index is 688. The highest BCUT2D eigenvalue weighted by Crippen LogP contribution is 2.28. The van der Waals surface area contributed by atoms with Gasteiger partial charge in [-0.25, -0.2) is 9.18 Å². The minimum absolute atomic E-state index is 0.129. The Morgan fingerprint density at radius 1 is 1.30 bits per heavy atom. The summed E-state index contributed by atoms with van der Waals surface area (Å²) in [5, 5.41) is 0.638. The van der Waals surface area contributed by atoms with Crippen molar-refractivity contribution in [2.45, 2.75) is 27.3 Å². The van der Waals surface area contributed by atoms with Crippen LogP contribution in [-0.4, -0.2) is 22.9 Å². The van der Waals surface area contributed by atoms with Crippen LogP contribution in [0.1, 0.15) is 29.9 Å². The van der Waals surface area contributed by atoms with Crippen LogP contribution in [0, 0.1) is 12.7 Å². The fourth-order valence-corrected chi connectivity index (χ4v) is 2.44. The molecule has 1 aromatic heterocycles. The summed E-state index contributed by atoms with van der Waals surface area (Å²) in [5.41, 5.74) is 1.14. The van der Waals surface area contributed by atoms with E-state index in [0.717, 1.165) is 0 Å². The van der Waals surface area contributed by atoms with Crippen LogP contribution >= 0.6 is 0 Å². The number of esters is 1. The number of ketones is 1. The number of para-hydroxylation sites is 1. The number of carbonyl (C=O) groups is 2. The van der Waals surface area contributed by atoms with Gasteiger partial charge in [0.15, 0.2) is 0 Å². The Labute approximate surface area is 116 Å². The summed E-state index contributed by atoms with van der Waals surface area (Å²) in [6.07, 6.45) is 0. The monoisotopic (exact) mass is 277 g/mol. The minimum atomic E-state index is -0.909. The van der Waals surface area contributed by atoms with E-state index in [-0.39, 0.29) is 12.3 Å². The molecule has 5 heteroatoms. The molecule has 0 bridgehead atoms. The van der Waals surface area contributed by atoms with Crippen LogP contribution in [0.3, 0.4) is 0 Å². The zero-order chi connectivity index (χ0) is 14.9. The maximum Gasteiger partial charge on any atom is 0.381 e. The first-order chi connectivity index (χ1) is 9.52. The number of benzene rings is 1. The van der Waals surface area contributed by atoms with Crippen LogP contribution in [0.2, 0.25) is 0 Å². The van der Waals surface area contributed by atoms with Gasteiger partial charge in [0.05, 0.1) is 12.1 Å². The Morgan fingerprint density at radius 2 is 2.00 bits per heavy atom. The van der Waals surface area contributed by atoms with E-state index >= 15 is 0 Å². The van der Waals surface area contributed by atoms with Crippen molar-refractivity contribution < 1.29 is 18.7 Å². The van der Waals surface area contributed by atoms with Crippen molar-refractivity contribution in [3.8, 4) is 0 Å². The van der Waals surface area contributed by atoms with Gasteiger partial charge in [0.2, 0.25) is 0 Å². The minimum Gasteiger partial charge on any atom is -0.460 e. The molecule has 1 aromatic carbocycles. The van der Waals surface area contributed by atoms with Gasteiger partial charge in [-0.2, -0.15) is 0 Å². The van der Waals surface area contributed by atoms with Crippen molar-refractivity contribution in [3.05, 3.63) is 35.3 Å². The van der Waals surface area contributed by atoms with E-state index in [1.54, 1.807) is 32.9 Å². The van der Waals surface area contributed by atoms with Gasteiger partial charge in [-0.1, -0.05) is 12.1 Å². The maximum atomic E-state index is 14.0. The van der Waals surface area contributed by atoms with Gasteiger partial charge in [0.1, 0.15) is 11.5 Å². The summed E-state index contributed by atoms with van der Waals surface area (Å²) in [6, 6.07) is 4.66. The summed E-state index contributed by atoms with van der Waals surface area (Å²) in [7, 11) is 0. The van der Waals surface area contributed by atoms with Crippen LogP contribution < -0.4 is 0 Å². The van der Waals surface area contributed by atoms with E-state index in [4.69, 9.17) is 4.74 Å². The summed E-state index contributed by atoms with van der Waals surface area (Å²) in [4.78, 5) is 23.8. The van der Waals surface area contributed by atoms with Crippen LogP contribution in [0.4, 0.5) is 4.39 Å². The summed E-state index contributed by atoms with van der Waals surface area (Å²) in [6.45, 7) is 5.66. The van der Waals surface area contributed by atoms with Gasteiger partial charge in [-0.3, -0.25) is 4.79 Å². The van der Waals surface area contributed by atoms with E-state index in [1.807, 2.05) is 0 Å². The van der Waals surface area contributed by atoms with Gasteiger partial charge in [0.25, 0.3) is 5.78 Å². The number of carbonyl (C=O) groups excluding carboxylic acids is 2. The topological polar surface area (TPSA) is 48.3 Å². The smallest absolute Gasteiger partial charge is 0.381 e. The molecule has 106 valence electrons. The third kappa shape index (κ3) is 2.09. The van der Waals surface area contributed by atoms with Gasteiger partial charge < -0.3 is 9.30 Å². The lowest BCUT2D eigenvalue weighted by atomic mass is 10.1. The predicted molar refractivity (Wildman–Crippen MR) is 73.3 cm³/mol. The first-order valence-corrected chi connectivity index (χ1v) is 6.51. The average Bonchev–Trinajstić information content (AvgIpc) is 2.72. The molecular weight excluding hydrogens is 261 g/mol. The number of hydrogen-bond acceptors (Lipinski definition) is 3. The molecule has 0 aliphatic rings. The summed E-state index contributed by atoms with van der Waals surface area (Å²) < 4.78 is 20.3. The molecule has 0 aliphatic heterocycles. The van der Waals surface area contributed by atoms with Crippen LogP contribution in [0.15, 0.2) is 18.2 Å². The highest BCUT2D eigenvalue weighted by Gasteiger charge is 2.26. The number of Topliss-reactive ketones (excluding diaryl/α,β-unsaturated/α-hetero) is 1. The molecule has 2 rings (SSSR count). The number of rotatable bonds is 4. The molecule has 0 unspecified atom stereocenters. The number of nitrogens with zero attached hydrogens (tertiary/aromatic N) is 1. The fraction of sp³-hybridized carbons (Fsp3) is 0.333. The fourth-order valence-electron chi connectivity index (χ4n) is 2.44. The van der Waals surface area contributed by atoms with Crippen molar-refractivity contribution in [3.63, 3.8) is 0 Å². The third-order valence-electron chi connectivity index (χ3n) is 3.28. The normalized spacial score (nSPS) is 10.8. The van der Waals surface area contributed by atoms with E-state index < -0.39 is 17.6 Å². The van der Waals surface area contributed by atoms with Crippen LogP contribution in [0.5, 0.6) is 0 Å². The van der Waals surface area contributed by atoms with E-state index in [2.05, 4.69) is 0 Å². The standard InChI is InChI=1S/C15H16FNO3/c1-4-17-12(14(18)15(19)20-5-2)9(3)10-7-6-8-11(16)13(10)17/h6-8H,4-5H2,1-3H3. The molecule has 4 nitrogen and oxygen atoms in total. The molecule has 0 fully saturated rings. The largest absolute Gasteiger partial charge is 0.460 e. The molecule has 2 aromatic rings. The van der Waals surface area contributed by atoms with E-state index in [9.17, 15) is 14.0 Å². The predicted octanol–water partition coefficient (Wildman–Crippen LogP) is 2.85. The zero-order valence-corrected chi connectivity index (χ0v) is 11.7. The number of ether oxygens (including phenoxy) is 1. The van der Waals surface area contributed by atoms with Crippen molar-refractivity contribution in [2.75, 3.05) is 6.61 Å². The lowest BCUT2D eigenvalue weighted by molar-refractivity contribution is -0.137. The quantitative estimate of drug-likeness (QED) is 0.490. The molecular formula is C15H16FNO3. The number of aromatic nitrogens is 1. The van der Waals surface area contributed by atoms with Crippen molar-refractivity contribution in [1.82, 2.24) is 4.57 Å². The summed E-state index contributed by atoms with van der Waals surface area (Å²) >= 11 is 0. The number of halogens is 1. The van der Waals surface area contributed by atoms with Gasteiger partial charge in [-0.15, -0.1) is 0 Å². The SMILES string of the molecule is CCOC(=O)C(=O)c1c(C)c2cccc(F)c2n1CC. The molecule has 0 spiro atoms. The van der Waals surface area contributed by atoms with E-state index in [0.29, 0.717) is 23.0 Å². The van der Waals surface area contributed by atoms with Gasteiger partial charge in [-0.05, 0) is 32.4 Å². The van der Waals surface area contributed by atoms with Crippen molar-refractivity contribution in [2.24, 2.45) is 0 Å². The Hall–Kier alpha value is -2.17. The molecule has 0 amide bonds. The van der Waals surface area contributed by atoms with Crippen LogP contribution in [0.25, 0.3) is 10.9 Å². The lowest BCUT2D eigenvalue weighted by Crippen LogP contribution is -2.21. The first kappa shape index (κ1) is 14.2. The van der Waals surface area contributed by atoms with Gasteiger partial charge >= 0.3 is 5.97 Å². The first-order valence-electron chi connectivity index (χ1n) is 6.51. The number of fused-ring (bicyclic) bond motifs is 1. The highest BCUT2D eigenvalue weighted by molar-refractivity contribution is 6.41. The molecule has 0 aliphatic carbocycles. The average molecular weight is 277 g/mol. The molecule has 0 radical (unpaired) electrons. The molecule has 0 N–H and O–H groups in total. The zero-order valence-electron chi connectivity index (χ0n) is 11.7. The van der Waals surface area contributed by atoms with Gasteiger partial charge in [0, 0.05) is 11.9 Å². The highest BCUT2D eigenvalue weighted by atomic mass is 19.1. The molecule has 0 atom stereocenters. The lowest BCUT2D eigenvalue weighted by Gasteiger charge is -2.07. The Kier molecular flexibility index (Phi) is 3.88. The molecule has 1 heterocycles. The van der Waals surface area contributed by atoms with Crippen molar-refractivity contribution >= 4 is 22.7 Å². The maximum absolute atomic E-state index is 14.0. The Balaban J connectivity index is 2.70. The van der Waals surface area contributed by atoms with E-state index in [1.165, 1.54) is 10.6 Å². The second kappa shape index (κ2) is 5.45. The second-order valence-electron chi connectivity index (χ2n) is 4.40. The molecule has 20 heavy (non-hydrogen) atoms. The molecule has 0 saturated heterocycles. The third-order valence-corrected chi connectivity index (χ3v) is 3.28. The molecule has 0 saturated carbocycles. The van der Waals surface area contributed by atoms with Crippen LogP contribution in [-0.2, 0) is 16.1 Å². The number of hydrogen-bond donors (Lipinski definition) is 0. The summed E-state index contributed by atoms with van der Waals surface area (Å²) in [5.74, 6) is -2.05.